The van der Waals surface area contributed by atoms with Crippen molar-refractivity contribution >= 4 is 22.5 Å². The Labute approximate surface area is 96.3 Å². The van der Waals surface area contributed by atoms with E-state index < -0.39 is 22.5 Å². The molecule has 84 valence electrons. The topological polar surface area (TPSA) is 9.23 Å². The first kappa shape index (κ1) is 12.9. The Balaban J connectivity index is 3.33. The van der Waals surface area contributed by atoms with Crippen LogP contribution >= 0.6 is 0 Å². The molecule has 1 aliphatic rings. The Morgan fingerprint density at radius 2 is 1.53 bits per heavy atom. The first-order valence-electron chi connectivity index (χ1n) is 5.44. The van der Waals surface area contributed by atoms with Gasteiger partial charge in [0.05, 0.1) is 7.59 Å². The third-order valence-electron chi connectivity index (χ3n) is 4.33. The van der Waals surface area contributed by atoms with Gasteiger partial charge in [0.25, 0.3) is 0 Å². The van der Waals surface area contributed by atoms with Crippen molar-refractivity contribution in [2.75, 3.05) is 6.61 Å². The molecular weight excluding hydrogens is 232 g/mol. The van der Waals surface area contributed by atoms with Crippen LogP contribution in [0.25, 0.3) is 0 Å². The van der Waals surface area contributed by atoms with E-state index >= 15 is 0 Å². The second-order valence-electron chi connectivity index (χ2n) is 4.96. The summed E-state index contributed by atoms with van der Waals surface area (Å²) in [5, 5.41) is 0. The second kappa shape index (κ2) is 4.01. The summed E-state index contributed by atoms with van der Waals surface area (Å²) in [5.41, 5.74) is 6.70. The smallest absolute Gasteiger partial charge is 0.176 e. The third-order valence-corrected chi connectivity index (χ3v) is 39.5. The maximum atomic E-state index is 6.10. The van der Waals surface area contributed by atoms with E-state index in [0.29, 0.717) is 0 Å². The molecule has 0 N–H and O–H groups in total. The molecule has 0 aromatic rings. The summed E-state index contributed by atoms with van der Waals surface area (Å²) < 4.78 is 6.10. The van der Waals surface area contributed by atoms with Crippen LogP contribution in [0.1, 0.15) is 0 Å². The molecule has 4 heteroatoms. The van der Waals surface area contributed by atoms with Gasteiger partial charge in [0.2, 0.25) is 0 Å². The van der Waals surface area contributed by atoms with Crippen LogP contribution in [0.5, 0.6) is 0 Å². The molecule has 1 atom stereocenters. The minimum atomic E-state index is -1.58. The normalized spacial score (nSPS) is 33.0. The van der Waals surface area contributed by atoms with Crippen molar-refractivity contribution in [2.45, 2.75) is 25.7 Å². The molecule has 0 spiro atoms. The van der Waals surface area contributed by atoms with E-state index in [2.05, 4.69) is 56.5 Å². The van der Waals surface area contributed by atoms with Crippen LogP contribution in [-0.2, 0) is 4.43 Å². The zero-order chi connectivity index (χ0) is 11.7. The van der Waals surface area contributed by atoms with Gasteiger partial charge in [0, 0.05) is 6.61 Å². The summed E-state index contributed by atoms with van der Waals surface area (Å²) in [6.07, 6.45) is 0. The Morgan fingerprint density at radius 3 is 1.87 bits per heavy atom. The van der Waals surface area contributed by atoms with Gasteiger partial charge in [-0.2, -0.15) is 0 Å². The molecule has 1 saturated heterocycles. The molecule has 15 heavy (non-hydrogen) atoms. The largest absolute Gasteiger partial charge is 0.420 e. The molecular formula is C11H22OSi3. The van der Waals surface area contributed by atoms with Crippen molar-refractivity contribution < 1.29 is 4.43 Å². The molecule has 0 aromatic carbocycles. The van der Waals surface area contributed by atoms with Crippen molar-refractivity contribution in [1.82, 2.24) is 0 Å². The number of hydrogen-bond acceptors (Lipinski definition) is 1. The number of hydrogen-bond donors (Lipinski definition) is 0. The van der Waals surface area contributed by atoms with E-state index in [1.54, 1.807) is 0 Å². The van der Waals surface area contributed by atoms with Crippen LogP contribution in [0.15, 0.2) is 36.8 Å². The number of rotatable bonds is 3. The van der Waals surface area contributed by atoms with Crippen LogP contribution in [0, 0.1) is 0 Å². The summed E-state index contributed by atoms with van der Waals surface area (Å²) in [4.78, 5) is 0. The van der Waals surface area contributed by atoms with Crippen LogP contribution < -0.4 is 0 Å². The highest BCUT2D eigenvalue weighted by atomic mass is 29.6. The average molecular weight is 255 g/mol. The zero-order valence-corrected chi connectivity index (χ0v) is 13.2. The summed E-state index contributed by atoms with van der Waals surface area (Å²) >= 11 is 0. The van der Waals surface area contributed by atoms with Crippen molar-refractivity contribution in [3.8, 4) is 0 Å². The van der Waals surface area contributed by atoms with Gasteiger partial charge in [-0.25, -0.2) is 0 Å². The monoisotopic (exact) mass is 254 g/mol. The molecule has 0 aromatic heterocycles. The minimum absolute atomic E-state index is 0.903. The molecule has 1 rings (SSSR count). The molecule has 0 amide bonds. The van der Waals surface area contributed by atoms with Gasteiger partial charge >= 0.3 is 0 Å². The van der Waals surface area contributed by atoms with Gasteiger partial charge in [-0.15, -0.1) is 25.4 Å². The summed E-state index contributed by atoms with van der Waals surface area (Å²) in [5.74, 6) is 0. The average Bonchev–Trinajstić information content (AvgIpc) is 2.22. The summed E-state index contributed by atoms with van der Waals surface area (Å²) in [7, 11) is -4.65. The first-order chi connectivity index (χ1) is 6.89. The van der Waals surface area contributed by atoms with Gasteiger partial charge in [0.15, 0.2) is 7.83 Å². The maximum Gasteiger partial charge on any atom is 0.176 e. The van der Waals surface area contributed by atoms with Crippen LogP contribution in [0.2, 0.25) is 25.7 Å². The Kier molecular flexibility index (Phi) is 3.45. The molecule has 1 nitrogen and oxygen atoms in total. The fraction of sp³-hybridized carbons (Fsp3) is 0.455. The molecule has 0 radical (unpaired) electrons. The Hall–Kier alpha value is -0.169. The van der Waals surface area contributed by atoms with Gasteiger partial charge in [-0.3, -0.25) is 0 Å². The Bertz CT molecular complexity index is 290. The molecule has 1 fully saturated rings. The molecule has 1 unspecified atom stereocenters. The minimum Gasteiger partial charge on any atom is -0.420 e. The lowest BCUT2D eigenvalue weighted by Crippen LogP contribution is -2.76. The molecule has 1 heterocycles. The lowest BCUT2D eigenvalue weighted by Gasteiger charge is -2.52. The molecule has 0 aliphatic carbocycles. The van der Waals surface area contributed by atoms with Gasteiger partial charge in [-0.05, 0) is 19.1 Å². The van der Waals surface area contributed by atoms with E-state index in [0.717, 1.165) is 12.7 Å². The lowest BCUT2D eigenvalue weighted by molar-refractivity contribution is 0.337. The maximum absolute atomic E-state index is 6.10. The van der Waals surface area contributed by atoms with Crippen LogP contribution in [0.3, 0.4) is 0 Å². The predicted octanol–water partition coefficient (Wildman–Crippen LogP) is 3.08. The van der Waals surface area contributed by atoms with E-state index in [1.165, 1.54) is 0 Å². The highest BCUT2D eigenvalue weighted by Gasteiger charge is 2.59. The molecule has 0 saturated carbocycles. The van der Waals surface area contributed by atoms with Gasteiger partial charge < -0.3 is 4.43 Å². The van der Waals surface area contributed by atoms with Crippen LogP contribution in [0.4, 0.5) is 0 Å². The van der Waals surface area contributed by atoms with E-state index in [9.17, 15) is 0 Å². The van der Waals surface area contributed by atoms with Gasteiger partial charge in [0.1, 0.15) is 7.11 Å². The fourth-order valence-corrected chi connectivity index (χ4v) is 33.4. The van der Waals surface area contributed by atoms with E-state index in [4.69, 9.17) is 4.43 Å². The standard InChI is InChI=1S/C11H22OSi3/c1-7-14(6)13(4,5)12-10-11-15(14,8-2)9-3/h7-9H,1-3,10-11H2,4-6H3. The van der Waals surface area contributed by atoms with Crippen molar-refractivity contribution in [3.63, 3.8) is 0 Å². The SMILES string of the molecule is C=C[Si]1(C=C)CCO[Si](C)(C)[Si]1(C)C=C. The Morgan fingerprint density at radius 1 is 1.00 bits per heavy atom. The second-order valence-corrected chi connectivity index (χ2v) is 28.6. The first-order valence-corrected chi connectivity index (χ1v) is 15.3. The van der Waals surface area contributed by atoms with Crippen molar-refractivity contribution in [1.29, 1.82) is 0 Å². The quantitative estimate of drug-likeness (QED) is 0.703. The summed E-state index contributed by atoms with van der Waals surface area (Å²) in [6.45, 7) is 20.3. The van der Waals surface area contributed by atoms with Crippen LogP contribution in [-0.4, -0.2) is 29.1 Å². The van der Waals surface area contributed by atoms with Gasteiger partial charge in [-0.1, -0.05) is 17.9 Å². The summed E-state index contributed by atoms with van der Waals surface area (Å²) in [6, 6.07) is 1.16. The predicted molar refractivity (Wildman–Crippen MR) is 76.2 cm³/mol. The molecule has 1 aliphatic heterocycles. The highest BCUT2D eigenvalue weighted by Crippen LogP contribution is 2.38. The van der Waals surface area contributed by atoms with Crippen molar-refractivity contribution in [3.05, 3.63) is 36.8 Å². The fourth-order valence-electron chi connectivity index (χ4n) is 2.59. The molecule has 0 bridgehead atoms. The highest BCUT2D eigenvalue weighted by molar-refractivity contribution is 7.72. The zero-order valence-electron chi connectivity index (χ0n) is 10.2. The van der Waals surface area contributed by atoms with E-state index in [1.807, 2.05) is 0 Å². The lowest BCUT2D eigenvalue weighted by atomic mass is 10.9. The van der Waals surface area contributed by atoms with Crippen molar-refractivity contribution in [2.24, 2.45) is 0 Å². The third kappa shape index (κ3) is 1.60. The van der Waals surface area contributed by atoms with E-state index in [-0.39, 0.29) is 0 Å².